The van der Waals surface area contributed by atoms with Gasteiger partial charge in [0.15, 0.2) is 0 Å². The molecule has 0 aliphatic carbocycles. The van der Waals surface area contributed by atoms with Crippen LogP contribution in [0.3, 0.4) is 0 Å². The van der Waals surface area contributed by atoms with Gasteiger partial charge in [-0.05, 0) is 57.4 Å². The van der Waals surface area contributed by atoms with Crippen molar-refractivity contribution in [2.75, 3.05) is 13.1 Å². The third-order valence-electron chi connectivity index (χ3n) is 6.37. The van der Waals surface area contributed by atoms with Crippen LogP contribution >= 0.6 is 0 Å². The second-order valence-corrected chi connectivity index (χ2v) is 9.75. The SMILES string of the molecule is CC(C)(C)OC(=O)N1CCC2(CC1)C(=O)N(Cc1ccc(F)cc1F)C2c1ccc(F)cc1. The van der Waals surface area contributed by atoms with Crippen molar-refractivity contribution >= 4 is 12.0 Å². The van der Waals surface area contributed by atoms with Crippen LogP contribution in [0.1, 0.15) is 50.8 Å². The van der Waals surface area contributed by atoms with Crippen molar-refractivity contribution in [1.82, 2.24) is 9.80 Å². The van der Waals surface area contributed by atoms with Crippen LogP contribution in [0.25, 0.3) is 0 Å². The molecule has 1 spiro atoms. The lowest BCUT2D eigenvalue weighted by Gasteiger charge is -2.59. The fraction of sp³-hybridized carbons (Fsp3) is 0.440. The molecule has 0 aromatic heterocycles. The van der Waals surface area contributed by atoms with Crippen molar-refractivity contribution in [1.29, 1.82) is 0 Å². The molecule has 1 atom stereocenters. The third kappa shape index (κ3) is 4.43. The quantitative estimate of drug-likeness (QED) is 0.592. The second-order valence-electron chi connectivity index (χ2n) is 9.75. The first-order valence-corrected chi connectivity index (χ1v) is 11.0. The summed E-state index contributed by atoms with van der Waals surface area (Å²) in [6.45, 7) is 6.05. The Morgan fingerprint density at radius 1 is 1.03 bits per heavy atom. The number of halogens is 3. The van der Waals surface area contributed by atoms with Crippen LogP contribution < -0.4 is 0 Å². The van der Waals surface area contributed by atoms with E-state index in [0.29, 0.717) is 25.9 Å². The largest absolute Gasteiger partial charge is 0.444 e. The topological polar surface area (TPSA) is 49.9 Å². The Bertz CT molecular complexity index is 1060. The van der Waals surface area contributed by atoms with Gasteiger partial charge in [0, 0.05) is 31.3 Å². The molecule has 176 valence electrons. The second kappa shape index (κ2) is 8.39. The number of hydrogen-bond acceptors (Lipinski definition) is 3. The van der Waals surface area contributed by atoms with Crippen LogP contribution in [0.5, 0.6) is 0 Å². The zero-order chi connectivity index (χ0) is 24.0. The van der Waals surface area contributed by atoms with Crippen LogP contribution in [0.4, 0.5) is 18.0 Å². The number of nitrogens with zero attached hydrogens (tertiary/aromatic N) is 2. The molecule has 1 unspecified atom stereocenters. The van der Waals surface area contributed by atoms with Gasteiger partial charge < -0.3 is 14.5 Å². The maximum absolute atomic E-state index is 14.3. The van der Waals surface area contributed by atoms with Crippen molar-refractivity contribution in [3.05, 3.63) is 71.0 Å². The fourth-order valence-electron chi connectivity index (χ4n) is 4.80. The molecular weight excluding hydrogens is 433 g/mol. The van der Waals surface area contributed by atoms with E-state index in [0.717, 1.165) is 17.7 Å². The van der Waals surface area contributed by atoms with Crippen LogP contribution in [-0.4, -0.2) is 40.5 Å². The Morgan fingerprint density at radius 3 is 2.21 bits per heavy atom. The van der Waals surface area contributed by atoms with Crippen molar-refractivity contribution in [2.24, 2.45) is 5.41 Å². The normalized spacial score (nSPS) is 20.1. The monoisotopic (exact) mass is 460 g/mol. The number of likely N-dealkylation sites (tertiary alicyclic amines) is 2. The first-order chi connectivity index (χ1) is 15.5. The average molecular weight is 460 g/mol. The summed E-state index contributed by atoms with van der Waals surface area (Å²) in [4.78, 5) is 29.0. The minimum atomic E-state index is -0.771. The first-order valence-electron chi connectivity index (χ1n) is 11.0. The molecule has 2 aromatic rings. The van der Waals surface area contributed by atoms with Gasteiger partial charge in [0.25, 0.3) is 0 Å². The molecule has 2 aliphatic rings. The number of benzene rings is 2. The summed E-state index contributed by atoms with van der Waals surface area (Å²) in [5, 5.41) is 0. The van der Waals surface area contributed by atoms with E-state index < -0.39 is 40.6 Å². The molecule has 0 bridgehead atoms. The summed E-state index contributed by atoms with van der Waals surface area (Å²) in [6.07, 6.45) is 0.401. The highest BCUT2D eigenvalue weighted by Gasteiger charge is 2.61. The summed E-state index contributed by atoms with van der Waals surface area (Å²) < 4.78 is 46.7. The number of carbonyl (C=O) groups is 2. The van der Waals surface area contributed by atoms with E-state index in [2.05, 4.69) is 0 Å². The lowest BCUT2D eigenvalue weighted by atomic mass is 9.62. The standard InChI is InChI=1S/C25H27F3N2O3/c1-24(2,3)33-23(32)29-12-10-25(11-13-29)21(16-4-7-18(26)8-5-16)30(22(25)31)15-17-6-9-19(27)14-20(17)28/h4-9,14,21H,10-13,15H2,1-3H3. The van der Waals surface area contributed by atoms with Gasteiger partial charge in [-0.15, -0.1) is 0 Å². The van der Waals surface area contributed by atoms with Crippen molar-refractivity contribution in [2.45, 2.75) is 51.8 Å². The Kier molecular flexibility index (Phi) is 5.88. The minimum Gasteiger partial charge on any atom is -0.444 e. The molecule has 5 nitrogen and oxygen atoms in total. The molecule has 2 aliphatic heterocycles. The number of amides is 2. The molecule has 2 amide bonds. The third-order valence-corrected chi connectivity index (χ3v) is 6.37. The van der Waals surface area contributed by atoms with Crippen LogP contribution in [0, 0.1) is 22.9 Å². The summed E-state index contributed by atoms with van der Waals surface area (Å²) in [6, 6.07) is 8.79. The summed E-state index contributed by atoms with van der Waals surface area (Å²) in [5.41, 5.74) is -0.444. The first kappa shape index (κ1) is 23.1. The molecule has 8 heteroatoms. The number of hydrogen-bond donors (Lipinski definition) is 0. The highest BCUT2D eigenvalue weighted by molar-refractivity contribution is 5.91. The van der Waals surface area contributed by atoms with Gasteiger partial charge in [-0.25, -0.2) is 18.0 Å². The number of rotatable bonds is 3. The van der Waals surface area contributed by atoms with E-state index in [1.54, 1.807) is 42.7 Å². The number of piperidine rings is 1. The smallest absolute Gasteiger partial charge is 0.410 e. The van der Waals surface area contributed by atoms with Crippen molar-refractivity contribution < 1.29 is 27.5 Å². The highest BCUT2D eigenvalue weighted by atomic mass is 19.1. The van der Waals surface area contributed by atoms with Crippen LogP contribution in [0.2, 0.25) is 0 Å². The lowest BCUT2D eigenvalue weighted by molar-refractivity contribution is -0.182. The molecule has 2 aromatic carbocycles. The number of carbonyl (C=O) groups excluding carboxylic acids is 2. The van der Waals surface area contributed by atoms with E-state index in [4.69, 9.17) is 4.74 Å². The van der Waals surface area contributed by atoms with E-state index in [-0.39, 0.29) is 18.0 Å². The lowest BCUT2D eigenvalue weighted by Crippen LogP contribution is -2.66. The molecule has 0 radical (unpaired) electrons. The molecule has 2 heterocycles. The predicted molar refractivity (Wildman–Crippen MR) is 116 cm³/mol. The molecule has 4 rings (SSSR count). The van der Waals surface area contributed by atoms with Gasteiger partial charge in [0.05, 0.1) is 11.5 Å². The minimum absolute atomic E-state index is 0.0233. The summed E-state index contributed by atoms with van der Waals surface area (Å²) in [7, 11) is 0. The number of ether oxygens (including phenoxy) is 1. The van der Waals surface area contributed by atoms with Gasteiger partial charge in [0.2, 0.25) is 5.91 Å². The molecule has 2 saturated heterocycles. The predicted octanol–water partition coefficient (Wildman–Crippen LogP) is 5.20. The number of β-lactam (4-membered cyclic amide) rings is 1. The van der Waals surface area contributed by atoms with Gasteiger partial charge >= 0.3 is 6.09 Å². The van der Waals surface area contributed by atoms with Crippen molar-refractivity contribution in [3.63, 3.8) is 0 Å². The van der Waals surface area contributed by atoms with Gasteiger partial charge in [0.1, 0.15) is 23.1 Å². The van der Waals surface area contributed by atoms with Crippen LogP contribution in [-0.2, 0) is 16.1 Å². The molecule has 2 fully saturated rings. The van der Waals surface area contributed by atoms with Gasteiger partial charge in [-0.1, -0.05) is 18.2 Å². The van der Waals surface area contributed by atoms with Crippen molar-refractivity contribution in [3.8, 4) is 0 Å². The van der Waals surface area contributed by atoms with E-state index >= 15 is 0 Å². The fourth-order valence-corrected chi connectivity index (χ4v) is 4.80. The van der Waals surface area contributed by atoms with Gasteiger partial charge in [-0.2, -0.15) is 0 Å². The molecule has 33 heavy (non-hydrogen) atoms. The Balaban J connectivity index is 1.58. The molecule has 0 saturated carbocycles. The van der Waals surface area contributed by atoms with E-state index in [9.17, 15) is 22.8 Å². The van der Waals surface area contributed by atoms with E-state index in [1.807, 2.05) is 0 Å². The van der Waals surface area contributed by atoms with Crippen LogP contribution in [0.15, 0.2) is 42.5 Å². The Morgan fingerprint density at radius 2 is 1.64 bits per heavy atom. The summed E-state index contributed by atoms with van der Waals surface area (Å²) in [5.74, 6) is -1.95. The molecular formula is C25H27F3N2O3. The van der Waals surface area contributed by atoms with E-state index in [1.165, 1.54) is 18.2 Å². The Hall–Kier alpha value is -3.03. The zero-order valence-corrected chi connectivity index (χ0v) is 18.9. The maximum atomic E-state index is 14.3. The summed E-state index contributed by atoms with van der Waals surface area (Å²) >= 11 is 0. The zero-order valence-electron chi connectivity index (χ0n) is 18.9. The van der Waals surface area contributed by atoms with Gasteiger partial charge in [-0.3, -0.25) is 4.79 Å². The molecule has 0 N–H and O–H groups in total. The highest BCUT2D eigenvalue weighted by Crippen LogP contribution is 2.56. The average Bonchev–Trinajstić information content (AvgIpc) is 2.75. The maximum Gasteiger partial charge on any atom is 0.410 e. The Labute approximate surface area is 191 Å².